The van der Waals surface area contributed by atoms with Crippen molar-refractivity contribution < 1.29 is 28.8 Å². The Morgan fingerprint density at radius 2 is 0.957 bits per heavy atom. The van der Waals surface area contributed by atoms with Crippen LogP contribution in [0.5, 0.6) is 0 Å². The molecule has 0 unspecified atom stereocenters. The van der Waals surface area contributed by atoms with Crippen LogP contribution in [-0.2, 0) is 28.8 Å². The highest BCUT2D eigenvalue weighted by Crippen LogP contribution is 1.86. The molecule has 0 aromatic rings. The number of rotatable bonds is 6. The van der Waals surface area contributed by atoms with E-state index in [-0.39, 0.29) is 36.7 Å². The van der Waals surface area contributed by atoms with E-state index < -0.39 is 17.7 Å². The minimum absolute atomic E-state index is 0.0208. The summed E-state index contributed by atoms with van der Waals surface area (Å²) in [5.74, 6) is -2.35. The van der Waals surface area contributed by atoms with E-state index in [1.54, 1.807) is 14.1 Å². The Bertz CT molecular complexity index is 409. The van der Waals surface area contributed by atoms with Crippen LogP contribution in [0.15, 0.2) is 0 Å². The lowest BCUT2D eigenvalue weighted by Crippen LogP contribution is -2.23. The Kier molecular flexibility index (Phi) is 15.5. The first-order chi connectivity index (χ1) is 10.3. The van der Waals surface area contributed by atoms with Crippen LogP contribution >= 0.6 is 0 Å². The molecule has 0 fully saturated rings. The molecule has 0 aliphatic rings. The predicted molar refractivity (Wildman–Crippen MR) is 81.5 cm³/mol. The van der Waals surface area contributed by atoms with Crippen molar-refractivity contribution in [1.29, 1.82) is 0 Å². The van der Waals surface area contributed by atoms with Gasteiger partial charge in [-0.3, -0.25) is 28.8 Å². The fourth-order valence-electron chi connectivity index (χ4n) is 0.788. The van der Waals surface area contributed by atoms with E-state index in [1.807, 2.05) is 0 Å². The van der Waals surface area contributed by atoms with E-state index in [0.717, 1.165) is 0 Å². The first kappa shape index (κ1) is 25.2. The number of nitrogens with two attached hydrogens (primary N) is 3. The van der Waals surface area contributed by atoms with Gasteiger partial charge in [-0.1, -0.05) is 0 Å². The number of primary amides is 3. The highest BCUT2D eigenvalue weighted by Gasteiger charge is 2.05. The Morgan fingerprint density at radius 1 is 0.652 bits per heavy atom. The van der Waals surface area contributed by atoms with Crippen molar-refractivity contribution in [3.63, 3.8) is 0 Å². The Balaban J connectivity index is -0.000000264. The molecule has 10 heteroatoms. The number of amides is 4. The maximum Gasteiger partial charge on any atom is 0.229 e. The molecule has 0 aromatic carbocycles. The topological polar surface area (TPSA) is 184 Å². The molecule has 0 bridgehead atoms. The van der Waals surface area contributed by atoms with E-state index in [0.29, 0.717) is 0 Å². The van der Waals surface area contributed by atoms with Crippen molar-refractivity contribution in [2.75, 3.05) is 14.1 Å². The summed E-state index contributed by atoms with van der Waals surface area (Å²) < 4.78 is 0. The highest BCUT2D eigenvalue weighted by molar-refractivity contribution is 5.96. The second kappa shape index (κ2) is 14.2. The van der Waals surface area contributed by atoms with Crippen LogP contribution in [0, 0.1) is 0 Å². The molecule has 132 valence electrons. The lowest BCUT2D eigenvalue weighted by atomic mass is 10.3. The number of carbonyl (C=O) groups is 6. The van der Waals surface area contributed by atoms with Crippen LogP contribution in [0.4, 0.5) is 0 Å². The Labute approximate surface area is 134 Å². The third-order valence-electron chi connectivity index (χ3n) is 1.67. The van der Waals surface area contributed by atoms with Crippen molar-refractivity contribution in [2.45, 2.75) is 33.1 Å². The van der Waals surface area contributed by atoms with E-state index in [2.05, 4.69) is 17.2 Å². The van der Waals surface area contributed by atoms with E-state index in [9.17, 15) is 28.8 Å². The quantitative estimate of drug-likeness (QED) is 0.465. The summed E-state index contributed by atoms with van der Waals surface area (Å²) in [6.07, 6.45) is -0.479. The molecule has 0 atom stereocenters. The standard InChI is InChI=1S/C6H11NO2.C4H7NO2.C3H6N2O2/c1-5(8)4-6(9)7(2)3;1-3(6)2-4(5)7;4-2(6)1-3(5)7/h4H2,1-3H3;2H2,1H3,(H2,5,7);1H2,(H2,4,6)(H2,5,7). The van der Waals surface area contributed by atoms with Crippen molar-refractivity contribution >= 4 is 35.2 Å². The molecule has 6 N–H and O–H groups in total. The van der Waals surface area contributed by atoms with Gasteiger partial charge in [-0.05, 0) is 13.8 Å². The van der Waals surface area contributed by atoms with Gasteiger partial charge in [0.2, 0.25) is 23.6 Å². The van der Waals surface area contributed by atoms with Crippen LogP contribution in [0.2, 0.25) is 0 Å². The average Bonchev–Trinajstić information content (AvgIpc) is 2.25. The summed E-state index contributed by atoms with van der Waals surface area (Å²) in [4.78, 5) is 61.6. The molecule has 0 saturated carbocycles. The molecule has 0 radical (unpaired) electrons. The van der Waals surface area contributed by atoms with Gasteiger partial charge in [-0.25, -0.2) is 0 Å². The molecule has 0 heterocycles. The number of hydrogen-bond acceptors (Lipinski definition) is 6. The fraction of sp³-hybridized carbons (Fsp3) is 0.538. The lowest BCUT2D eigenvalue weighted by Gasteiger charge is -2.06. The molecule has 0 aliphatic heterocycles. The maximum absolute atomic E-state index is 10.7. The molecule has 10 nitrogen and oxygen atoms in total. The number of Topliss-reactive ketones (excluding diaryl/α,β-unsaturated/α-hetero) is 2. The van der Waals surface area contributed by atoms with Crippen molar-refractivity contribution in [3.8, 4) is 0 Å². The van der Waals surface area contributed by atoms with Gasteiger partial charge in [-0.2, -0.15) is 0 Å². The highest BCUT2D eigenvalue weighted by atomic mass is 16.2. The summed E-state index contributed by atoms with van der Waals surface area (Å²) >= 11 is 0. The minimum Gasteiger partial charge on any atom is -0.369 e. The number of nitrogens with zero attached hydrogens (tertiary/aromatic N) is 1. The average molecular weight is 332 g/mol. The van der Waals surface area contributed by atoms with Gasteiger partial charge in [-0.15, -0.1) is 0 Å². The van der Waals surface area contributed by atoms with Crippen molar-refractivity contribution in [1.82, 2.24) is 4.90 Å². The zero-order valence-electron chi connectivity index (χ0n) is 13.8. The van der Waals surface area contributed by atoms with E-state index in [1.165, 1.54) is 18.7 Å². The summed E-state index contributed by atoms with van der Waals surface area (Å²) in [5.41, 5.74) is 13.7. The van der Waals surface area contributed by atoms with Crippen LogP contribution in [-0.4, -0.2) is 54.2 Å². The zero-order chi connectivity index (χ0) is 19.2. The molecular formula is C13H24N4O6. The van der Waals surface area contributed by atoms with Gasteiger partial charge in [0.05, 0.1) is 12.8 Å². The normalized spacial score (nSPS) is 8.35. The van der Waals surface area contributed by atoms with Crippen LogP contribution in [0.1, 0.15) is 33.1 Å². The van der Waals surface area contributed by atoms with Crippen molar-refractivity contribution in [2.24, 2.45) is 17.2 Å². The van der Waals surface area contributed by atoms with Crippen LogP contribution < -0.4 is 17.2 Å². The smallest absolute Gasteiger partial charge is 0.229 e. The molecule has 0 aliphatic carbocycles. The molecule has 0 spiro atoms. The van der Waals surface area contributed by atoms with Gasteiger partial charge in [0.25, 0.3) is 0 Å². The van der Waals surface area contributed by atoms with E-state index in [4.69, 9.17) is 0 Å². The third kappa shape index (κ3) is 32.6. The first-order valence-electron chi connectivity index (χ1n) is 6.33. The molecular weight excluding hydrogens is 308 g/mol. The SMILES string of the molecule is CC(=O)CC(=O)N(C)C.CC(=O)CC(N)=O.NC(=O)CC(N)=O. The predicted octanol–water partition coefficient (Wildman–Crippen LogP) is -2.15. The molecule has 0 aromatic heterocycles. The largest absolute Gasteiger partial charge is 0.369 e. The summed E-state index contributed by atoms with van der Waals surface area (Å²) in [5, 5.41) is 0. The summed E-state index contributed by atoms with van der Waals surface area (Å²) in [6.45, 7) is 2.73. The number of hydrogen-bond donors (Lipinski definition) is 3. The number of carbonyl (C=O) groups excluding carboxylic acids is 6. The van der Waals surface area contributed by atoms with Crippen LogP contribution in [0.3, 0.4) is 0 Å². The van der Waals surface area contributed by atoms with Gasteiger partial charge in [0, 0.05) is 14.1 Å². The molecule has 0 saturated heterocycles. The van der Waals surface area contributed by atoms with Gasteiger partial charge in [0.15, 0.2) is 0 Å². The zero-order valence-corrected chi connectivity index (χ0v) is 13.8. The first-order valence-corrected chi connectivity index (χ1v) is 6.33. The molecule has 4 amide bonds. The number of ketones is 2. The second-order valence-electron chi connectivity index (χ2n) is 4.62. The van der Waals surface area contributed by atoms with Crippen LogP contribution in [0.25, 0.3) is 0 Å². The minimum atomic E-state index is -0.687. The van der Waals surface area contributed by atoms with Gasteiger partial charge < -0.3 is 22.1 Å². The third-order valence-corrected chi connectivity index (χ3v) is 1.67. The fourth-order valence-corrected chi connectivity index (χ4v) is 0.788. The maximum atomic E-state index is 10.7. The van der Waals surface area contributed by atoms with E-state index >= 15 is 0 Å². The van der Waals surface area contributed by atoms with Gasteiger partial charge in [0.1, 0.15) is 18.0 Å². The molecule has 23 heavy (non-hydrogen) atoms. The monoisotopic (exact) mass is 332 g/mol. The van der Waals surface area contributed by atoms with Crippen molar-refractivity contribution in [3.05, 3.63) is 0 Å². The summed E-state index contributed by atoms with van der Waals surface area (Å²) in [6, 6.07) is 0. The summed E-state index contributed by atoms with van der Waals surface area (Å²) in [7, 11) is 3.26. The Hall–Kier alpha value is -2.78. The second-order valence-corrected chi connectivity index (χ2v) is 4.62. The lowest BCUT2D eigenvalue weighted by molar-refractivity contribution is -0.133. The Morgan fingerprint density at radius 3 is 1.00 bits per heavy atom. The van der Waals surface area contributed by atoms with Gasteiger partial charge >= 0.3 is 0 Å². The molecule has 0 rings (SSSR count).